The molecule has 0 N–H and O–H groups in total. The molecule has 0 radical (unpaired) electrons. The molecule has 1 atom stereocenters. The van der Waals surface area contributed by atoms with Gasteiger partial charge in [0.2, 0.25) is 5.91 Å². The third-order valence-corrected chi connectivity index (χ3v) is 6.20. The maximum Gasteiger partial charge on any atom is 0.236 e. The topological polar surface area (TPSA) is 36.4 Å². The average molecular weight is 378 g/mol. The number of pyridine rings is 1. The predicted molar refractivity (Wildman–Crippen MR) is 112 cm³/mol. The number of carbonyl (C=O) groups excluding carboxylic acids is 1. The number of carbonyl (C=O) groups is 1. The lowest BCUT2D eigenvalue weighted by atomic mass is 9.90. The molecular weight excluding hydrogens is 346 g/mol. The van der Waals surface area contributed by atoms with E-state index < -0.39 is 0 Å². The molecular formula is C24H31N3O. The van der Waals surface area contributed by atoms with Crippen molar-refractivity contribution in [3.05, 3.63) is 65.0 Å². The van der Waals surface area contributed by atoms with E-state index in [0.717, 1.165) is 63.2 Å². The highest BCUT2D eigenvalue weighted by atomic mass is 16.2. The molecule has 1 aromatic carbocycles. The van der Waals surface area contributed by atoms with Gasteiger partial charge in [-0.15, -0.1) is 0 Å². The van der Waals surface area contributed by atoms with Crippen molar-refractivity contribution >= 4 is 5.91 Å². The summed E-state index contributed by atoms with van der Waals surface area (Å²) in [6, 6.07) is 12.6. The van der Waals surface area contributed by atoms with Crippen LogP contribution in [0.1, 0.15) is 54.5 Å². The molecule has 1 fully saturated rings. The number of benzene rings is 1. The third kappa shape index (κ3) is 3.97. The zero-order valence-corrected chi connectivity index (χ0v) is 16.9. The number of nitrogens with zero attached hydrogens (tertiary/aromatic N) is 3. The molecule has 0 spiro atoms. The van der Waals surface area contributed by atoms with Gasteiger partial charge in [-0.1, -0.05) is 43.7 Å². The summed E-state index contributed by atoms with van der Waals surface area (Å²) >= 11 is 0. The van der Waals surface area contributed by atoms with Crippen LogP contribution in [0.4, 0.5) is 0 Å². The first-order valence-corrected chi connectivity index (χ1v) is 10.8. The minimum atomic E-state index is -0.267. The van der Waals surface area contributed by atoms with E-state index in [9.17, 15) is 4.79 Å². The molecule has 2 heterocycles. The Morgan fingerprint density at radius 2 is 1.86 bits per heavy atom. The number of fused-ring (bicyclic) bond motifs is 2. The fourth-order valence-electron chi connectivity index (χ4n) is 4.61. The molecule has 1 amide bonds. The zero-order chi connectivity index (χ0) is 19.3. The molecule has 4 heteroatoms. The fourth-order valence-corrected chi connectivity index (χ4v) is 4.61. The van der Waals surface area contributed by atoms with Gasteiger partial charge in [0.05, 0.1) is 5.69 Å². The second kappa shape index (κ2) is 8.87. The number of rotatable bonds is 4. The molecule has 4 rings (SSSR count). The molecule has 2 aliphatic rings. The lowest BCUT2D eigenvalue weighted by Gasteiger charge is -2.27. The van der Waals surface area contributed by atoms with E-state index >= 15 is 0 Å². The van der Waals surface area contributed by atoms with Gasteiger partial charge in [-0.05, 0) is 61.5 Å². The van der Waals surface area contributed by atoms with Crippen LogP contribution in [0.5, 0.6) is 0 Å². The van der Waals surface area contributed by atoms with Gasteiger partial charge >= 0.3 is 0 Å². The van der Waals surface area contributed by atoms with E-state index in [0.29, 0.717) is 0 Å². The Bertz CT molecular complexity index is 772. The SMILES string of the molecule is CCCCN1CCCN(C(=O)C2c3ccccc3CCc3cccnc32)CC1. The Balaban J connectivity index is 1.62. The van der Waals surface area contributed by atoms with Crippen LogP contribution in [0.2, 0.25) is 0 Å². The Morgan fingerprint density at radius 1 is 1.04 bits per heavy atom. The maximum absolute atomic E-state index is 13.8. The van der Waals surface area contributed by atoms with Crippen LogP contribution in [0.25, 0.3) is 0 Å². The standard InChI is InChI=1S/C24H31N3O/c1-2-3-14-26-15-7-16-27(18-17-26)24(28)22-21-10-5-4-8-19(21)11-12-20-9-6-13-25-23(20)22/h4-6,8-10,13,22H,2-3,7,11-12,14-18H2,1H3. The Labute approximate surface area is 168 Å². The van der Waals surface area contributed by atoms with Crippen LogP contribution in [-0.2, 0) is 17.6 Å². The van der Waals surface area contributed by atoms with E-state index in [1.807, 2.05) is 12.3 Å². The smallest absolute Gasteiger partial charge is 0.236 e. The minimum absolute atomic E-state index is 0.228. The Morgan fingerprint density at radius 3 is 2.75 bits per heavy atom. The summed E-state index contributed by atoms with van der Waals surface area (Å²) in [6.45, 7) is 7.14. The monoisotopic (exact) mass is 377 g/mol. The van der Waals surface area contributed by atoms with E-state index in [-0.39, 0.29) is 11.8 Å². The van der Waals surface area contributed by atoms with Gasteiger partial charge in [0.15, 0.2) is 0 Å². The molecule has 28 heavy (non-hydrogen) atoms. The highest BCUT2D eigenvalue weighted by Crippen LogP contribution is 2.34. The van der Waals surface area contributed by atoms with Gasteiger partial charge in [-0.2, -0.15) is 0 Å². The largest absolute Gasteiger partial charge is 0.340 e. The molecule has 1 aliphatic carbocycles. The van der Waals surface area contributed by atoms with Crippen molar-refractivity contribution in [2.75, 3.05) is 32.7 Å². The van der Waals surface area contributed by atoms with Gasteiger partial charge in [0.1, 0.15) is 5.92 Å². The third-order valence-electron chi connectivity index (χ3n) is 6.20. The van der Waals surface area contributed by atoms with Crippen molar-refractivity contribution in [3.63, 3.8) is 0 Å². The molecule has 1 aliphatic heterocycles. The van der Waals surface area contributed by atoms with E-state index in [1.54, 1.807) is 0 Å². The minimum Gasteiger partial charge on any atom is -0.340 e. The van der Waals surface area contributed by atoms with Crippen LogP contribution in [0.3, 0.4) is 0 Å². The van der Waals surface area contributed by atoms with Gasteiger partial charge < -0.3 is 9.80 Å². The number of hydrogen-bond donors (Lipinski definition) is 0. The van der Waals surface area contributed by atoms with E-state index in [4.69, 9.17) is 4.98 Å². The zero-order valence-electron chi connectivity index (χ0n) is 16.9. The first kappa shape index (κ1) is 19.1. The number of unbranched alkanes of at least 4 members (excludes halogenated alkanes) is 1. The lowest BCUT2D eigenvalue weighted by molar-refractivity contribution is -0.131. The number of amides is 1. The summed E-state index contributed by atoms with van der Waals surface area (Å²) in [5.41, 5.74) is 4.62. The molecule has 2 aromatic rings. The summed E-state index contributed by atoms with van der Waals surface area (Å²) in [5, 5.41) is 0. The molecule has 1 aromatic heterocycles. The molecule has 4 nitrogen and oxygen atoms in total. The van der Waals surface area contributed by atoms with Crippen molar-refractivity contribution in [2.45, 2.75) is 44.9 Å². The number of aryl methyl sites for hydroxylation is 2. The van der Waals surface area contributed by atoms with E-state index in [1.165, 1.54) is 24.0 Å². The lowest BCUT2D eigenvalue weighted by Crippen LogP contribution is -2.39. The highest BCUT2D eigenvalue weighted by molar-refractivity contribution is 5.88. The van der Waals surface area contributed by atoms with Gasteiger partial charge in [0.25, 0.3) is 0 Å². The summed E-state index contributed by atoms with van der Waals surface area (Å²) in [5.74, 6) is -0.0382. The van der Waals surface area contributed by atoms with Crippen LogP contribution in [0, 0.1) is 0 Å². The fraction of sp³-hybridized carbons (Fsp3) is 0.500. The molecule has 0 bridgehead atoms. The first-order valence-electron chi connectivity index (χ1n) is 10.8. The van der Waals surface area contributed by atoms with Crippen molar-refractivity contribution in [1.82, 2.24) is 14.8 Å². The Kier molecular flexibility index (Phi) is 6.06. The van der Waals surface area contributed by atoms with Crippen LogP contribution < -0.4 is 0 Å². The van der Waals surface area contributed by atoms with Crippen LogP contribution in [-0.4, -0.2) is 53.4 Å². The molecule has 0 saturated carbocycles. The second-order valence-electron chi connectivity index (χ2n) is 8.05. The van der Waals surface area contributed by atoms with Gasteiger partial charge in [-0.3, -0.25) is 9.78 Å². The number of aromatic nitrogens is 1. The van der Waals surface area contributed by atoms with Crippen molar-refractivity contribution in [2.24, 2.45) is 0 Å². The quantitative estimate of drug-likeness (QED) is 0.816. The molecule has 148 valence electrons. The maximum atomic E-state index is 13.8. The summed E-state index contributed by atoms with van der Waals surface area (Å²) in [4.78, 5) is 23.1. The number of hydrogen-bond acceptors (Lipinski definition) is 3. The average Bonchev–Trinajstić information content (AvgIpc) is 3.06. The first-order chi connectivity index (χ1) is 13.8. The van der Waals surface area contributed by atoms with Crippen molar-refractivity contribution in [3.8, 4) is 0 Å². The highest BCUT2D eigenvalue weighted by Gasteiger charge is 2.34. The summed E-state index contributed by atoms with van der Waals surface area (Å²) < 4.78 is 0. The van der Waals surface area contributed by atoms with Crippen LogP contribution in [0.15, 0.2) is 42.6 Å². The van der Waals surface area contributed by atoms with E-state index in [2.05, 4.69) is 47.1 Å². The summed E-state index contributed by atoms with van der Waals surface area (Å²) in [7, 11) is 0. The normalized spacial score (nSPS) is 20.0. The summed E-state index contributed by atoms with van der Waals surface area (Å²) in [6.07, 6.45) is 7.28. The second-order valence-corrected chi connectivity index (χ2v) is 8.05. The van der Waals surface area contributed by atoms with Gasteiger partial charge in [-0.25, -0.2) is 0 Å². The van der Waals surface area contributed by atoms with Crippen LogP contribution >= 0.6 is 0 Å². The Hall–Kier alpha value is -2.20. The van der Waals surface area contributed by atoms with Gasteiger partial charge in [0, 0.05) is 25.8 Å². The predicted octanol–water partition coefficient (Wildman–Crippen LogP) is 3.65. The molecule has 1 saturated heterocycles. The van der Waals surface area contributed by atoms with Crippen molar-refractivity contribution < 1.29 is 4.79 Å². The van der Waals surface area contributed by atoms with Crippen molar-refractivity contribution in [1.29, 1.82) is 0 Å². The molecule has 1 unspecified atom stereocenters.